The van der Waals surface area contributed by atoms with Crippen LogP contribution in [-0.4, -0.2) is 30.0 Å². The molecule has 1 fully saturated rings. The third-order valence-corrected chi connectivity index (χ3v) is 5.94. The van der Waals surface area contributed by atoms with Crippen molar-refractivity contribution in [1.29, 1.82) is 0 Å². The maximum Gasteiger partial charge on any atom is 0.251 e. The first-order chi connectivity index (χ1) is 13.5. The molecule has 2 aromatic carbocycles. The molecule has 2 heterocycles. The van der Waals surface area contributed by atoms with Crippen LogP contribution in [0.4, 0.5) is 5.69 Å². The summed E-state index contributed by atoms with van der Waals surface area (Å²) >= 11 is 6.10. The minimum atomic E-state index is 0.0312. The summed E-state index contributed by atoms with van der Waals surface area (Å²) in [5.41, 5.74) is 5.07. The van der Waals surface area contributed by atoms with Crippen molar-refractivity contribution < 1.29 is 4.79 Å². The molecule has 0 radical (unpaired) electrons. The smallest absolute Gasteiger partial charge is 0.251 e. The van der Waals surface area contributed by atoms with Gasteiger partial charge < -0.3 is 10.2 Å². The highest BCUT2D eigenvalue weighted by Gasteiger charge is 2.23. The Morgan fingerprint density at radius 1 is 1.14 bits per heavy atom. The summed E-state index contributed by atoms with van der Waals surface area (Å²) in [5, 5.41) is 5.04. The zero-order valence-electron chi connectivity index (χ0n) is 16.2. The van der Waals surface area contributed by atoms with Gasteiger partial charge in [-0.15, -0.1) is 0 Å². The van der Waals surface area contributed by atoms with E-state index in [1.165, 1.54) is 5.69 Å². The van der Waals surface area contributed by atoms with Crippen LogP contribution in [0.25, 0.3) is 10.9 Å². The molecule has 1 aromatic heterocycles. The van der Waals surface area contributed by atoms with Crippen molar-refractivity contribution in [2.45, 2.75) is 32.7 Å². The number of halogens is 1. The highest BCUT2D eigenvalue weighted by molar-refractivity contribution is 6.31. The second kappa shape index (κ2) is 7.80. The van der Waals surface area contributed by atoms with Crippen molar-refractivity contribution >= 4 is 34.1 Å². The molecule has 144 valence electrons. The summed E-state index contributed by atoms with van der Waals surface area (Å²) < 4.78 is 0. The molecule has 1 aliphatic rings. The molecule has 1 saturated heterocycles. The summed E-state index contributed by atoms with van der Waals surface area (Å²) in [7, 11) is 0. The van der Waals surface area contributed by atoms with E-state index in [-0.39, 0.29) is 11.9 Å². The van der Waals surface area contributed by atoms with E-state index in [1.807, 2.05) is 56.4 Å². The van der Waals surface area contributed by atoms with Crippen LogP contribution in [-0.2, 0) is 0 Å². The molecule has 4 rings (SSSR count). The third kappa shape index (κ3) is 3.69. The average Bonchev–Trinajstić information content (AvgIpc) is 2.70. The SMILES string of the molecule is Cc1cccc(C(=O)NC2CCN(c3ccnc4cc(Cl)ccc34)CC2)c1C. The van der Waals surface area contributed by atoms with Gasteiger partial charge in [0.2, 0.25) is 0 Å². The van der Waals surface area contributed by atoms with Crippen molar-refractivity contribution in [2.75, 3.05) is 18.0 Å². The summed E-state index contributed by atoms with van der Waals surface area (Å²) in [6.07, 6.45) is 3.68. The minimum Gasteiger partial charge on any atom is -0.371 e. The Hall–Kier alpha value is -2.59. The van der Waals surface area contributed by atoms with E-state index in [2.05, 4.69) is 21.3 Å². The molecule has 28 heavy (non-hydrogen) atoms. The van der Waals surface area contributed by atoms with Gasteiger partial charge in [-0.2, -0.15) is 0 Å². The number of pyridine rings is 1. The number of fused-ring (bicyclic) bond motifs is 1. The average molecular weight is 394 g/mol. The number of rotatable bonds is 3. The standard InChI is InChI=1S/C23H24ClN3O/c1-15-4-3-5-19(16(15)2)23(28)26-18-9-12-27(13-10-18)22-8-11-25-21-14-17(24)6-7-20(21)22/h3-8,11,14,18H,9-10,12-13H2,1-2H3,(H,26,28). The van der Waals surface area contributed by atoms with Gasteiger partial charge >= 0.3 is 0 Å². The van der Waals surface area contributed by atoms with Gasteiger partial charge in [0, 0.05) is 47.0 Å². The number of piperidine rings is 1. The lowest BCUT2D eigenvalue weighted by Gasteiger charge is -2.34. The highest BCUT2D eigenvalue weighted by atomic mass is 35.5. The molecule has 5 heteroatoms. The number of aromatic nitrogens is 1. The molecule has 1 amide bonds. The molecule has 1 N–H and O–H groups in total. The van der Waals surface area contributed by atoms with E-state index in [4.69, 9.17) is 11.6 Å². The number of amides is 1. The molecular formula is C23H24ClN3O. The molecule has 4 nitrogen and oxygen atoms in total. The van der Waals surface area contributed by atoms with Gasteiger partial charge in [0.25, 0.3) is 5.91 Å². The fraction of sp³-hybridized carbons (Fsp3) is 0.304. The van der Waals surface area contributed by atoms with Crippen LogP contribution in [0.15, 0.2) is 48.7 Å². The third-order valence-electron chi connectivity index (χ3n) is 5.70. The van der Waals surface area contributed by atoms with Gasteiger partial charge in [-0.1, -0.05) is 23.7 Å². The maximum atomic E-state index is 12.7. The summed E-state index contributed by atoms with van der Waals surface area (Å²) in [6, 6.07) is 14.0. The number of nitrogens with zero attached hydrogens (tertiary/aromatic N) is 2. The topological polar surface area (TPSA) is 45.2 Å². The fourth-order valence-corrected chi connectivity index (χ4v) is 4.07. The van der Waals surface area contributed by atoms with Crippen LogP contribution in [0.5, 0.6) is 0 Å². The normalized spacial score (nSPS) is 15.0. The maximum absolute atomic E-state index is 12.7. The Labute approximate surface area is 170 Å². The van der Waals surface area contributed by atoms with Crippen LogP contribution < -0.4 is 10.2 Å². The van der Waals surface area contributed by atoms with Gasteiger partial charge in [-0.25, -0.2) is 0 Å². The molecule has 0 spiro atoms. The Balaban J connectivity index is 1.44. The molecular weight excluding hydrogens is 370 g/mol. The lowest BCUT2D eigenvalue weighted by atomic mass is 10.0. The largest absolute Gasteiger partial charge is 0.371 e. The number of carbonyl (C=O) groups is 1. The van der Waals surface area contributed by atoms with Crippen molar-refractivity contribution in [3.05, 3.63) is 70.4 Å². The fourth-order valence-electron chi connectivity index (χ4n) is 3.91. The van der Waals surface area contributed by atoms with E-state index in [1.54, 1.807) is 0 Å². The Bertz CT molecular complexity index is 1030. The Morgan fingerprint density at radius 2 is 1.93 bits per heavy atom. The summed E-state index contributed by atoms with van der Waals surface area (Å²) in [5.74, 6) is 0.0312. The lowest BCUT2D eigenvalue weighted by molar-refractivity contribution is 0.0930. The van der Waals surface area contributed by atoms with Crippen molar-refractivity contribution in [1.82, 2.24) is 10.3 Å². The lowest BCUT2D eigenvalue weighted by Crippen LogP contribution is -2.45. The minimum absolute atomic E-state index is 0.0312. The Kier molecular flexibility index (Phi) is 5.23. The van der Waals surface area contributed by atoms with Gasteiger partial charge in [-0.05, 0) is 68.1 Å². The Morgan fingerprint density at radius 3 is 2.71 bits per heavy atom. The second-order valence-electron chi connectivity index (χ2n) is 7.47. The van der Waals surface area contributed by atoms with Gasteiger partial charge in [0.15, 0.2) is 0 Å². The molecule has 0 saturated carbocycles. The summed E-state index contributed by atoms with van der Waals surface area (Å²) in [6.45, 7) is 5.85. The number of hydrogen-bond acceptors (Lipinski definition) is 3. The second-order valence-corrected chi connectivity index (χ2v) is 7.91. The van der Waals surface area contributed by atoms with Crippen LogP contribution in [0.2, 0.25) is 5.02 Å². The number of carbonyl (C=O) groups excluding carboxylic acids is 1. The van der Waals surface area contributed by atoms with E-state index in [0.717, 1.165) is 53.5 Å². The monoisotopic (exact) mass is 393 g/mol. The number of nitrogens with one attached hydrogen (secondary N) is 1. The molecule has 1 aliphatic heterocycles. The molecule has 0 unspecified atom stereocenters. The highest BCUT2D eigenvalue weighted by Crippen LogP contribution is 2.29. The molecule has 0 atom stereocenters. The first-order valence-electron chi connectivity index (χ1n) is 9.69. The van der Waals surface area contributed by atoms with Gasteiger partial charge in [0.05, 0.1) is 5.52 Å². The zero-order chi connectivity index (χ0) is 19.7. The van der Waals surface area contributed by atoms with Crippen LogP contribution in [0, 0.1) is 13.8 Å². The number of aryl methyl sites for hydroxylation is 1. The van der Waals surface area contributed by atoms with Gasteiger partial charge in [-0.3, -0.25) is 9.78 Å². The van der Waals surface area contributed by atoms with E-state index < -0.39 is 0 Å². The van der Waals surface area contributed by atoms with E-state index in [0.29, 0.717) is 5.02 Å². The van der Waals surface area contributed by atoms with E-state index in [9.17, 15) is 4.79 Å². The summed E-state index contributed by atoms with van der Waals surface area (Å²) in [4.78, 5) is 19.5. The predicted octanol–water partition coefficient (Wildman–Crippen LogP) is 4.90. The van der Waals surface area contributed by atoms with Crippen molar-refractivity contribution in [3.63, 3.8) is 0 Å². The number of benzene rings is 2. The molecule has 3 aromatic rings. The van der Waals surface area contributed by atoms with Crippen LogP contribution in [0.1, 0.15) is 34.3 Å². The van der Waals surface area contributed by atoms with Crippen LogP contribution >= 0.6 is 11.6 Å². The first kappa shape index (κ1) is 18.8. The zero-order valence-corrected chi connectivity index (χ0v) is 17.0. The predicted molar refractivity (Wildman–Crippen MR) is 115 cm³/mol. The van der Waals surface area contributed by atoms with Crippen molar-refractivity contribution in [3.8, 4) is 0 Å². The van der Waals surface area contributed by atoms with E-state index >= 15 is 0 Å². The molecule has 0 aliphatic carbocycles. The first-order valence-corrected chi connectivity index (χ1v) is 10.1. The number of hydrogen-bond donors (Lipinski definition) is 1. The molecule has 0 bridgehead atoms. The van der Waals surface area contributed by atoms with Crippen molar-refractivity contribution in [2.24, 2.45) is 0 Å². The quantitative estimate of drug-likeness (QED) is 0.688. The van der Waals surface area contributed by atoms with Gasteiger partial charge in [0.1, 0.15) is 0 Å². The van der Waals surface area contributed by atoms with Crippen LogP contribution in [0.3, 0.4) is 0 Å². The number of anilines is 1.